The number of rotatable bonds is 62. The topological polar surface area (TPSA) is 105 Å². The molecule has 0 aromatic rings. The lowest BCUT2D eigenvalue weighted by molar-refractivity contribution is -0.870. The number of nitrogens with one attached hydrogen (secondary N) is 1. The second-order valence-electron chi connectivity index (χ2n) is 24.2. The summed E-state index contributed by atoms with van der Waals surface area (Å²) in [5.74, 6) is -0.159. The highest BCUT2D eigenvalue weighted by atomic mass is 31.2. The van der Waals surface area contributed by atoms with Crippen molar-refractivity contribution in [1.29, 1.82) is 0 Å². The molecule has 0 rings (SSSR count). The van der Waals surface area contributed by atoms with Gasteiger partial charge in [-0.25, -0.2) is 4.57 Å². The van der Waals surface area contributed by atoms with E-state index in [-0.39, 0.29) is 19.1 Å². The Morgan fingerprint density at radius 1 is 0.432 bits per heavy atom. The van der Waals surface area contributed by atoms with Crippen molar-refractivity contribution in [2.45, 2.75) is 315 Å². The number of unbranched alkanes of at least 4 members (excludes halogenated alkanes) is 33. The highest BCUT2D eigenvalue weighted by Crippen LogP contribution is 2.43. The highest BCUT2D eigenvalue weighted by molar-refractivity contribution is 7.47. The molecule has 0 saturated carbocycles. The molecule has 8 nitrogen and oxygen atoms in total. The Morgan fingerprint density at radius 2 is 0.741 bits per heavy atom. The first-order valence-corrected chi connectivity index (χ1v) is 35.6. The van der Waals surface area contributed by atoms with Crippen LogP contribution in [0.3, 0.4) is 0 Å². The molecule has 3 unspecified atom stereocenters. The van der Waals surface area contributed by atoms with Gasteiger partial charge in [-0.2, -0.15) is 0 Å². The van der Waals surface area contributed by atoms with Crippen molar-refractivity contribution in [3.05, 3.63) is 97.2 Å². The molecular formula is C72H132N2O6P+. The largest absolute Gasteiger partial charge is 0.472 e. The third-order valence-electron chi connectivity index (χ3n) is 15.1. The zero-order valence-corrected chi connectivity index (χ0v) is 54.6. The monoisotopic (exact) mass is 1150 g/mol. The van der Waals surface area contributed by atoms with E-state index in [0.717, 1.165) is 103 Å². The first-order chi connectivity index (χ1) is 39.5. The number of phosphoric acid groups is 1. The molecular weight excluding hydrogens is 1020 g/mol. The van der Waals surface area contributed by atoms with Crippen molar-refractivity contribution in [2.75, 3.05) is 40.9 Å². The maximum Gasteiger partial charge on any atom is 0.472 e. The molecule has 81 heavy (non-hydrogen) atoms. The quantitative estimate of drug-likeness (QED) is 0.0243. The van der Waals surface area contributed by atoms with Crippen molar-refractivity contribution < 1.29 is 32.9 Å². The van der Waals surface area contributed by atoms with E-state index in [1.807, 2.05) is 21.1 Å². The van der Waals surface area contributed by atoms with Gasteiger partial charge in [-0.1, -0.05) is 317 Å². The molecule has 0 heterocycles. The van der Waals surface area contributed by atoms with Gasteiger partial charge in [0, 0.05) is 6.42 Å². The fourth-order valence-electron chi connectivity index (χ4n) is 9.83. The maximum atomic E-state index is 13.1. The number of amides is 1. The van der Waals surface area contributed by atoms with E-state index in [1.165, 1.54) is 173 Å². The molecule has 0 fully saturated rings. The molecule has 0 spiro atoms. The summed E-state index contributed by atoms with van der Waals surface area (Å²) >= 11 is 0. The first-order valence-electron chi connectivity index (χ1n) is 34.1. The molecule has 0 aromatic carbocycles. The molecule has 9 heteroatoms. The molecule has 470 valence electrons. The van der Waals surface area contributed by atoms with Crippen LogP contribution >= 0.6 is 7.82 Å². The summed E-state index contributed by atoms with van der Waals surface area (Å²) in [6.07, 6.45) is 89.2. The van der Waals surface area contributed by atoms with Crippen molar-refractivity contribution >= 4 is 13.7 Å². The Bertz CT molecular complexity index is 1640. The number of carbonyl (C=O) groups excluding carboxylic acids is 1. The summed E-state index contributed by atoms with van der Waals surface area (Å²) in [5, 5.41) is 14.1. The van der Waals surface area contributed by atoms with E-state index >= 15 is 0 Å². The van der Waals surface area contributed by atoms with E-state index in [0.29, 0.717) is 23.9 Å². The molecule has 0 aliphatic carbocycles. The summed E-state index contributed by atoms with van der Waals surface area (Å²) in [5.41, 5.74) is 0. The van der Waals surface area contributed by atoms with Crippen LogP contribution in [0.25, 0.3) is 0 Å². The molecule has 1 amide bonds. The van der Waals surface area contributed by atoms with Crippen molar-refractivity contribution in [2.24, 2.45) is 0 Å². The number of allylic oxidation sites excluding steroid dienone is 16. The second-order valence-corrected chi connectivity index (χ2v) is 25.6. The molecule has 0 radical (unpaired) electrons. The minimum absolute atomic E-state index is 0.0671. The van der Waals surface area contributed by atoms with Gasteiger partial charge in [-0.05, 0) is 77.0 Å². The van der Waals surface area contributed by atoms with Gasteiger partial charge in [-0.3, -0.25) is 13.8 Å². The van der Waals surface area contributed by atoms with Crippen molar-refractivity contribution in [3.63, 3.8) is 0 Å². The maximum absolute atomic E-state index is 13.1. The third-order valence-corrected chi connectivity index (χ3v) is 16.1. The van der Waals surface area contributed by atoms with E-state index in [2.05, 4.69) is 116 Å². The van der Waals surface area contributed by atoms with E-state index < -0.39 is 20.0 Å². The number of aliphatic hydroxyl groups excluding tert-OH is 1. The number of nitrogens with zero attached hydrogens (tertiary/aromatic N) is 1. The van der Waals surface area contributed by atoms with Gasteiger partial charge >= 0.3 is 7.82 Å². The van der Waals surface area contributed by atoms with Gasteiger partial charge in [0.05, 0.1) is 39.9 Å². The Hall–Kier alpha value is -2.58. The van der Waals surface area contributed by atoms with Crippen LogP contribution in [0.4, 0.5) is 0 Å². The molecule has 3 atom stereocenters. The lowest BCUT2D eigenvalue weighted by Crippen LogP contribution is -2.46. The predicted molar refractivity (Wildman–Crippen MR) is 355 cm³/mol. The summed E-state index contributed by atoms with van der Waals surface area (Å²) in [7, 11) is 1.60. The summed E-state index contributed by atoms with van der Waals surface area (Å²) in [4.78, 5) is 23.4. The van der Waals surface area contributed by atoms with Gasteiger partial charge < -0.3 is 19.8 Å². The predicted octanol–water partition coefficient (Wildman–Crippen LogP) is 21.7. The minimum atomic E-state index is -4.34. The van der Waals surface area contributed by atoms with E-state index in [1.54, 1.807) is 0 Å². The van der Waals surface area contributed by atoms with Crippen LogP contribution in [0.15, 0.2) is 97.2 Å². The van der Waals surface area contributed by atoms with Crippen molar-refractivity contribution in [1.82, 2.24) is 5.32 Å². The summed E-state index contributed by atoms with van der Waals surface area (Å²) < 4.78 is 23.9. The fraction of sp³-hybridized carbons (Fsp3) is 0.764. The SMILES string of the molecule is CC/C=C\C/C=C\C/C=C\C/C=C\C/C=C\C/C=C\C/C=C\C/C=C\CCCCCCCCC(=O)NC(COP(=O)(O)OCC[N+](C)(C)C)C(O)CCCCCCCCCCCCCCCCCCCCCCCCCCCCCC. The lowest BCUT2D eigenvalue weighted by atomic mass is 10.0. The standard InChI is InChI=1S/C72H131N2O6P/c1-6-8-10-12-14-16-18-20-22-24-26-28-30-32-34-36-37-38-40-42-44-46-48-50-52-54-56-58-60-62-64-66-72(76)73-70(69-80-81(77,78)79-68-67-74(3,4)5)71(75)65-63-61-59-57-55-53-51-49-47-45-43-41-39-35-33-31-29-27-25-23-21-19-17-15-13-11-9-7-2/h8,10,14,16,20,22,26,28,32,34,37-38,42,44,48,50,70-71,75H,6-7,9,11-13,15,17-19,21,23-25,27,29-31,33,35-36,39-41,43,45-47,49,51-69H2,1-5H3,(H-,73,76,77,78)/p+1/b10-8-,16-14-,22-20-,28-26-,34-32-,38-37-,44-42-,50-48-. The zero-order valence-electron chi connectivity index (χ0n) is 53.8. The molecule has 0 aliphatic heterocycles. The number of carbonyl (C=O) groups is 1. The summed E-state index contributed by atoms with van der Waals surface area (Å²) in [6.45, 7) is 4.79. The Labute approximate surface area is 502 Å². The molecule has 0 saturated heterocycles. The Balaban J connectivity index is 4.14. The van der Waals surface area contributed by atoms with Gasteiger partial charge in [0.15, 0.2) is 0 Å². The van der Waals surface area contributed by atoms with Gasteiger partial charge in [-0.15, -0.1) is 0 Å². The van der Waals surface area contributed by atoms with Crippen LogP contribution < -0.4 is 5.32 Å². The van der Waals surface area contributed by atoms with Crippen molar-refractivity contribution in [3.8, 4) is 0 Å². The lowest BCUT2D eigenvalue weighted by Gasteiger charge is -2.26. The van der Waals surface area contributed by atoms with Gasteiger partial charge in [0.1, 0.15) is 13.2 Å². The molecule has 0 bridgehead atoms. The third kappa shape index (κ3) is 64.8. The average molecular weight is 1150 g/mol. The normalized spacial score (nSPS) is 14.3. The Kier molecular flexibility index (Phi) is 60.0. The number of hydrogen-bond donors (Lipinski definition) is 3. The van der Waals surface area contributed by atoms with E-state index in [4.69, 9.17) is 9.05 Å². The number of quaternary nitrogens is 1. The molecule has 0 aliphatic rings. The van der Waals surface area contributed by atoms with Gasteiger partial charge in [0.2, 0.25) is 5.91 Å². The van der Waals surface area contributed by atoms with Crippen LogP contribution in [0.5, 0.6) is 0 Å². The Morgan fingerprint density at radius 3 is 1.09 bits per heavy atom. The number of hydrogen-bond acceptors (Lipinski definition) is 5. The number of phosphoric ester groups is 1. The molecule has 0 aromatic heterocycles. The van der Waals surface area contributed by atoms with Crippen LogP contribution in [0.1, 0.15) is 303 Å². The van der Waals surface area contributed by atoms with Crippen LogP contribution in [-0.2, 0) is 18.4 Å². The zero-order chi connectivity index (χ0) is 59.1. The minimum Gasteiger partial charge on any atom is -0.391 e. The highest BCUT2D eigenvalue weighted by Gasteiger charge is 2.28. The summed E-state index contributed by atoms with van der Waals surface area (Å²) in [6, 6.07) is -0.778. The first kappa shape index (κ1) is 78.4. The van der Waals surface area contributed by atoms with Crippen LogP contribution in [0.2, 0.25) is 0 Å². The smallest absolute Gasteiger partial charge is 0.391 e. The van der Waals surface area contributed by atoms with Crippen LogP contribution in [0, 0.1) is 0 Å². The average Bonchev–Trinajstić information content (AvgIpc) is 3.43. The van der Waals surface area contributed by atoms with Crippen LogP contribution in [-0.4, -0.2) is 73.4 Å². The fourth-order valence-corrected chi connectivity index (χ4v) is 10.6. The van der Waals surface area contributed by atoms with Gasteiger partial charge in [0.25, 0.3) is 0 Å². The second kappa shape index (κ2) is 62.0. The van der Waals surface area contributed by atoms with E-state index in [9.17, 15) is 19.4 Å². The number of likely N-dealkylation sites (N-methyl/N-ethyl adjacent to an activating group) is 1. The number of aliphatic hydroxyl groups is 1. The molecule has 3 N–H and O–H groups in total.